The molecule has 1 heterocycles. The third-order valence-corrected chi connectivity index (χ3v) is 2.81. The van der Waals surface area contributed by atoms with Gasteiger partial charge in [0.2, 0.25) is 5.91 Å². The molecule has 92 valence electrons. The molecule has 2 aromatic rings. The van der Waals surface area contributed by atoms with E-state index in [2.05, 4.69) is 0 Å². The summed E-state index contributed by atoms with van der Waals surface area (Å²) in [7, 11) is 0. The van der Waals surface area contributed by atoms with Crippen LogP contribution in [0.25, 0.3) is 11.3 Å². The molecular weight excluding hydrogens is 230 g/mol. The summed E-state index contributed by atoms with van der Waals surface area (Å²) in [6, 6.07) is 6.79. The van der Waals surface area contributed by atoms with Gasteiger partial charge in [-0.25, -0.2) is 0 Å². The molecule has 4 nitrogen and oxygen atoms in total. The summed E-state index contributed by atoms with van der Waals surface area (Å²) >= 11 is 0. The van der Waals surface area contributed by atoms with Gasteiger partial charge >= 0.3 is 0 Å². The first-order valence-electron chi connectivity index (χ1n) is 5.49. The average Bonchev–Trinajstić information content (AvgIpc) is 2.76. The van der Waals surface area contributed by atoms with Crippen molar-refractivity contribution in [2.75, 3.05) is 0 Å². The van der Waals surface area contributed by atoms with Crippen LogP contribution in [-0.4, -0.2) is 12.2 Å². The summed E-state index contributed by atoms with van der Waals surface area (Å²) in [6.07, 6.45) is 0.659. The Balaban J connectivity index is 2.57. The smallest absolute Gasteiger partial charge is 0.248 e. The number of hydrogen-bond acceptors (Lipinski definition) is 3. The summed E-state index contributed by atoms with van der Waals surface area (Å²) in [6.45, 7) is 3.75. The Hall–Kier alpha value is -2.36. The number of nitrogens with two attached hydrogens (primary N) is 1. The summed E-state index contributed by atoms with van der Waals surface area (Å²) in [5.41, 5.74) is 8.38. The number of aldehydes is 1. The van der Waals surface area contributed by atoms with Crippen molar-refractivity contribution in [1.29, 1.82) is 0 Å². The van der Waals surface area contributed by atoms with E-state index in [1.165, 1.54) is 0 Å². The number of rotatable bonds is 3. The number of furan rings is 1. The number of benzene rings is 1. The SMILES string of the molecule is Cc1cc(C(N)=O)cc(C)c1-c1ccc(C=O)o1. The first-order valence-corrected chi connectivity index (χ1v) is 5.49. The Kier molecular flexibility index (Phi) is 3.02. The maximum atomic E-state index is 11.2. The van der Waals surface area contributed by atoms with Crippen LogP contribution in [0, 0.1) is 13.8 Å². The Morgan fingerprint density at radius 1 is 1.22 bits per heavy atom. The first kappa shape index (κ1) is 12.1. The molecule has 0 radical (unpaired) electrons. The summed E-state index contributed by atoms with van der Waals surface area (Å²) < 4.78 is 5.40. The fraction of sp³-hybridized carbons (Fsp3) is 0.143. The highest BCUT2D eigenvalue weighted by Crippen LogP contribution is 2.29. The molecule has 1 amide bonds. The molecule has 0 fully saturated rings. The molecule has 0 bridgehead atoms. The third kappa shape index (κ3) is 2.05. The second-order valence-electron chi connectivity index (χ2n) is 4.17. The lowest BCUT2D eigenvalue weighted by Crippen LogP contribution is -2.11. The van der Waals surface area contributed by atoms with Crippen molar-refractivity contribution in [1.82, 2.24) is 0 Å². The molecule has 4 heteroatoms. The molecule has 18 heavy (non-hydrogen) atoms. The molecule has 0 aliphatic heterocycles. The van der Waals surface area contributed by atoms with Gasteiger partial charge < -0.3 is 10.2 Å². The molecule has 0 spiro atoms. The largest absolute Gasteiger partial charge is 0.453 e. The van der Waals surface area contributed by atoms with Gasteiger partial charge in [-0.15, -0.1) is 0 Å². The fourth-order valence-corrected chi connectivity index (χ4v) is 2.04. The number of primary amides is 1. The van der Waals surface area contributed by atoms with Gasteiger partial charge in [-0.1, -0.05) is 0 Å². The summed E-state index contributed by atoms with van der Waals surface area (Å²) in [4.78, 5) is 21.8. The normalized spacial score (nSPS) is 10.3. The minimum atomic E-state index is -0.458. The number of carbonyl (C=O) groups is 2. The minimum absolute atomic E-state index is 0.280. The van der Waals surface area contributed by atoms with Crippen molar-refractivity contribution in [3.8, 4) is 11.3 Å². The van der Waals surface area contributed by atoms with E-state index in [4.69, 9.17) is 10.2 Å². The molecule has 1 aromatic heterocycles. The van der Waals surface area contributed by atoms with Gasteiger partial charge in [0.25, 0.3) is 0 Å². The van der Waals surface area contributed by atoms with E-state index in [0.717, 1.165) is 16.7 Å². The van der Waals surface area contributed by atoms with Crippen molar-refractivity contribution in [2.45, 2.75) is 13.8 Å². The standard InChI is InChI=1S/C14H13NO3/c1-8-5-10(14(15)17)6-9(2)13(8)12-4-3-11(7-16)18-12/h3-7H,1-2H3,(H2,15,17). The van der Waals surface area contributed by atoms with Crippen LogP contribution in [-0.2, 0) is 0 Å². The van der Waals surface area contributed by atoms with Crippen LogP contribution in [0.15, 0.2) is 28.7 Å². The molecule has 1 aromatic carbocycles. The Morgan fingerprint density at radius 3 is 2.28 bits per heavy atom. The molecule has 0 aliphatic rings. The molecule has 2 N–H and O–H groups in total. The van der Waals surface area contributed by atoms with Crippen LogP contribution in [0.2, 0.25) is 0 Å². The highest BCUT2D eigenvalue weighted by atomic mass is 16.3. The van der Waals surface area contributed by atoms with E-state index in [1.54, 1.807) is 24.3 Å². The molecule has 0 saturated heterocycles. The highest BCUT2D eigenvalue weighted by molar-refractivity contribution is 5.94. The van der Waals surface area contributed by atoms with Crippen molar-refractivity contribution in [2.24, 2.45) is 5.73 Å². The highest BCUT2D eigenvalue weighted by Gasteiger charge is 2.13. The van der Waals surface area contributed by atoms with Crippen LogP contribution in [0.4, 0.5) is 0 Å². The summed E-state index contributed by atoms with van der Waals surface area (Å²) in [5.74, 6) is 0.437. The predicted octanol–water partition coefficient (Wildman–Crippen LogP) is 2.47. The van der Waals surface area contributed by atoms with Crippen LogP contribution >= 0.6 is 0 Å². The molecule has 2 rings (SSSR count). The lowest BCUT2D eigenvalue weighted by molar-refractivity contribution is 0.0999. The quantitative estimate of drug-likeness (QED) is 0.841. The molecule has 0 atom stereocenters. The Labute approximate surface area is 104 Å². The van der Waals surface area contributed by atoms with Gasteiger partial charge in [0, 0.05) is 11.1 Å². The van der Waals surface area contributed by atoms with E-state index in [9.17, 15) is 9.59 Å². The molecule has 0 unspecified atom stereocenters. The van der Waals surface area contributed by atoms with Gasteiger partial charge in [-0.3, -0.25) is 9.59 Å². The van der Waals surface area contributed by atoms with Gasteiger partial charge in [-0.05, 0) is 49.2 Å². The second-order valence-corrected chi connectivity index (χ2v) is 4.17. The Bertz CT molecular complexity index is 603. The van der Waals surface area contributed by atoms with Crippen molar-refractivity contribution >= 4 is 12.2 Å². The second kappa shape index (κ2) is 4.49. The minimum Gasteiger partial charge on any atom is -0.453 e. The zero-order valence-corrected chi connectivity index (χ0v) is 10.2. The van der Waals surface area contributed by atoms with Gasteiger partial charge in [0.1, 0.15) is 5.76 Å². The van der Waals surface area contributed by atoms with E-state index < -0.39 is 5.91 Å². The van der Waals surface area contributed by atoms with Crippen molar-refractivity contribution in [3.63, 3.8) is 0 Å². The summed E-state index contributed by atoms with van der Waals surface area (Å²) in [5, 5.41) is 0. The number of aryl methyl sites for hydroxylation is 2. The molecular formula is C14H13NO3. The average molecular weight is 243 g/mol. The topological polar surface area (TPSA) is 73.3 Å². The van der Waals surface area contributed by atoms with E-state index in [0.29, 0.717) is 17.6 Å². The van der Waals surface area contributed by atoms with Gasteiger partial charge in [0.15, 0.2) is 12.0 Å². The van der Waals surface area contributed by atoms with E-state index in [1.807, 2.05) is 13.8 Å². The van der Waals surface area contributed by atoms with Crippen LogP contribution in [0.1, 0.15) is 32.0 Å². The van der Waals surface area contributed by atoms with Crippen molar-refractivity contribution < 1.29 is 14.0 Å². The zero-order valence-electron chi connectivity index (χ0n) is 10.2. The monoisotopic (exact) mass is 243 g/mol. The maximum Gasteiger partial charge on any atom is 0.248 e. The van der Waals surface area contributed by atoms with Gasteiger partial charge in [0.05, 0.1) is 0 Å². The van der Waals surface area contributed by atoms with Crippen LogP contribution < -0.4 is 5.73 Å². The lowest BCUT2D eigenvalue weighted by Gasteiger charge is -2.09. The number of carbonyl (C=O) groups excluding carboxylic acids is 2. The predicted molar refractivity (Wildman–Crippen MR) is 67.5 cm³/mol. The number of hydrogen-bond donors (Lipinski definition) is 1. The molecule has 0 saturated carbocycles. The lowest BCUT2D eigenvalue weighted by atomic mass is 9.97. The number of amides is 1. The van der Waals surface area contributed by atoms with Crippen LogP contribution in [0.3, 0.4) is 0 Å². The maximum absolute atomic E-state index is 11.2. The zero-order chi connectivity index (χ0) is 13.3. The third-order valence-electron chi connectivity index (χ3n) is 2.81. The molecule has 0 aliphatic carbocycles. The van der Waals surface area contributed by atoms with Crippen LogP contribution in [0.5, 0.6) is 0 Å². The van der Waals surface area contributed by atoms with E-state index >= 15 is 0 Å². The van der Waals surface area contributed by atoms with Crippen molar-refractivity contribution in [3.05, 3.63) is 46.7 Å². The first-order chi connectivity index (χ1) is 8.52. The van der Waals surface area contributed by atoms with Gasteiger partial charge in [-0.2, -0.15) is 0 Å². The van der Waals surface area contributed by atoms with E-state index in [-0.39, 0.29) is 5.76 Å². The Morgan fingerprint density at radius 2 is 1.83 bits per heavy atom. The fourth-order valence-electron chi connectivity index (χ4n) is 2.04.